The molecule has 0 rings (SSSR count). The van der Waals surface area contributed by atoms with Gasteiger partial charge in [0.1, 0.15) is 0 Å². The molecule has 0 bridgehead atoms. The maximum atomic E-state index is 11.0. The Morgan fingerprint density at radius 1 is 1.57 bits per heavy atom. The molecule has 1 amide bonds. The highest BCUT2D eigenvalue weighted by molar-refractivity contribution is 9.12. The van der Waals surface area contributed by atoms with Crippen molar-refractivity contribution in [3.05, 3.63) is 0 Å². The zero-order valence-electron chi connectivity index (χ0n) is 8.84. The standard InChI is InChI=1S/C7H11BrN2O2.C2H6/c1-10(5-4-9)7(11)12-6-2-3-8;1-2/h4-6,9H2,1H3;1-2H3. The zero-order valence-corrected chi connectivity index (χ0v) is 10.4. The van der Waals surface area contributed by atoms with Gasteiger partial charge in [0.25, 0.3) is 0 Å². The molecule has 4 nitrogen and oxygen atoms in total. The van der Waals surface area contributed by atoms with Gasteiger partial charge in [-0.2, -0.15) is 0 Å². The monoisotopic (exact) mass is 264 g/mol. The molecule has 0 heterocycles. The topological polar surface area (TPSA) is 55.6 Å². The van der Waals surface area contributed by atoms with Gasteiger partial charge in [-0.25, -0.2) is 4.79 Å². The Morgan fingerprint density at radius 3 is 2.57 bits per heavy atom. The molecule has 0 saturated heterocycles. The van der Waals surface area contributed by atoms with Crippen LogP contribution >= 0.6 is 15.9 Å². The van der Waals surface area contributed by atoms with E-state index in [1.54, 1.807) is 7.05 Å². The number of hydrogen-bond donors (Lipinski definition) is 1. The number of rotatable bonds is 3. The van der Waals surface area contributed by atoms with Crippen LogP contribution in [0.5, 0.6) is 0 Å². The zero-order chi connectivity index (χ0) is 11.4. The Hall–Kier alpha value is -0.730. The number of nitrogens with two attached hydrogens (primary N) is 1. The summed E-state index contributed by atoms with van der Waals surface area (Å²) in [6.45, 7) is 5.01. The van der Waals surface area contributed by atoms with Crippen molar-refractivity contribution in [1.29, 1.82) is 0 Å². The molecule has 0 radical (unpaired) electrons. The molecule has 0 aliphatic carbocycles. The molecule has 82 valence electrons. The van der Waals surface area contributed by atoms with Gasteiger partial charge < -0.3 is 15.4 Å². The van der Waals surface area contributed by atoms with Crippen LogP contribution in [0.1, 0.15) is 13.8 Å². The van der Waals surface area contributed by atoms with E-state index >= 15 is 0 Å². The molecule has 2 N–H and O–H groups in total. The van der Waals surface area contributed by atoms with E-state index in [0.29, 0.717) is 13.1 Å². The van der Waals surface area contributed by atoms with Crippen LogP contribution in [-0.4, -0.2) is 37.7 Å². The van der Waals surface area contributed by atoms with Gasteiger partial charge in [0.05, 0.1) is 0 Å². The molecule has 0 aliphatic heterocycles. The Bertz CT molecular complexity index is 199. The first-order valence-corrected chi connectivity index (χ1v) is 5.18. The first-order chi connectivity index (χ1) is 6.72. The number of ether oxygens (including phenoxy) is 1. The van der Waals surface area contributed by atoms with Crippen LogP contribution in [0.25, 0.3) is 0 Å². The van der Waals surface area contributed by atoms with Crippen molar-refractivity contribution in [2.75, 3.05) is 26.7 Å². The molecule has 0 atom stereocenters. The minimum absolute atomic E-state index is 0.0962. The van der Waals surface area contributed by atoms with E-state index in [2.05, 4.69) is 26.7 Å². The lowest BCUT2D eigenvalue weighted by molar-refractivity contribution is 0.124. The first kappa shape index (κ1) is 15.7. The summed E-state index contributed by atoms with van der Waals surface area (Å²) in [5, 5.41) is 0. The van der Waals surface area contributed by atoms with Gasteiger partial charge in [0, 0.05) is 36.1 Å². The summed E-state index contributed by atoms with van der Waals surface area (Å²) < 4.78 is 4.72. The quantitative estimate of drug-likeness (QED) is 0.785. The molecular weight excluding hydrogens is 248 g/mol. The second-order valence-corrected chi connectivity index (χ2v) is 2.43. The number of carbonyl (C=O) groups excluding carboxylic acids is 1. The fourth-order valence-electron chi connectivity index (χ4n) is 0.520. The second kappa shape index (κ2) is 12.3. The van der Waals surface area contributed by atoms with Crippen LogP contribution in [0.3, 0.4) is 0 Å². The van der Waals surface area contributed by atoms with Crippen molar-refractivity contribution in [3.8, 4) is 10.8 Å². The van der Waals surface area contributed by atoms with Gasteiger partial charge in [-0.15, -0.1) is 0 Å². The van der Waals surface area contributed by atoms with E-state index in [9.17, 15) is 4.79 Å². The normalized spacial score (nSPS) is 7.50. The van der Waals surface area contributed by atoms with E-state index in [4.69, 9.17) is 10.5 Å². The highest BCUT2D eigenvalue weighted by atomic mass is 79.9. The summed E-state index contributed by atoms with van der Waals surface area (Å²) in [4.78, 5) is 14.8. The third kappa shape index (κ3) is 9.36. The second-order valence-electron chi connectivity index (χ2n) is 2.04. The molecular formula is C9H17BrN2O2. The smallest absolute Gasteiger partial charge is 0.410 e. The van der Waals surface area contributed by atoms with Crippen LogP contribution in [0.4, 0.5) is 4.79 Å². The summed E-state index contributed by atoms with van der Waals surface area (Å²) >= 11 is 2.88. The van der Waals surface area contributed by atoms with Gasteiger partial charge in [0.15, 0.2) is 6.61 Å². The van der Waals surface area contributed by atoms with Crippen molar-refractivity contribution >= 4 is 22.0 Å². The van der Waals surface area contributed by atoms with Crippen molar-refractivity contribution < 1.29 is 9.53 Å². The Morgan fingerprint density at radius 2 is 2.14 bits per heavy atom. The lowest BCUT2D eigenvalue weighted by Gasteiger charge is -2.14. The van der Waals surface area contributed by atoms with Gasteiger partial charge in [-0.3, -0.25) is 0 Å². The summed E-state index contributed by atoms with van der Waals surface area (Å²) in [6.07, 6.45) is -0.407. The molecule has 0 unspecified atom stereocenters. The summed E-state index contributed by atoms with van der Waals surface area (Å²) in [7, 11) is 1.62. The van der Waals surface area contributed by atoms with Crippen LogP contribution in [0.2, 0.25) is 0 Å². The minimum atomic E-state index is -0.407. The van der Waals surface area contributed by atoms with Crippen molar-refractivity contribution in [2.24, 2.45) is 5.73 Å². The van der Waals surface area contributed by atoms with Crippen LogP contribution in [-0.2, 0) is 4.74 Å². The predicted octanol–water partition coefficient (Wildman–Crippen LogP) is 1.40. The molecule has 0 saturated carbocycles. The van der Waals surface area contributed by atoms with Gasteiger partial charge >= 0.3 is 6.09 Å². The number of halogens is 1. The van der Waals surface area contributed by atoms with E-state index in [1.807, 2.05) is 13.8 Å². The van der Waals surface area contributed by atoms with Crippen LogP contribution in [0, 0.1) is 10.8 Å². The third-order valence-corrected chi connectivity index (χ3v) is 1.39. The van der Waals surface area contributed by atoms with E-state index in [1.165, 1.54) is 4.90 Å². The Balaban J connectivity index is 0. The highest BCUT2D eigenvalue weighted by Gasteiger charge is 2.06. The molecule has 5 heteroatoms. The predicted molar refractivity (Wildman–Crippen MR) is 61.1 cm³/mol. The molecule has 0 aromatic heterocycles. The Labute approximate surface area is 93.9 Å². The maximum absolute atomic E-state index is 11.0. The van der Waals surface area contributed by atoms with Crippen LogP contribution in [0.15, 0.2) is 0 Å². The van der Waals surface area contributed by atoms with Crippen molar-refractivity contribution in [3.63, 3.8) is 0 Å². The molecule has 0 aliphatic rings. The maximum Gasteiger partial charge on any atom is 0.410 e. The van der Waals surface area contributed by atoms with E-state index in [0.717, 1.165) is 0 Å². The van der Waals surface area contributed by atoms with Crippen molar-refractivity contribution in [1.82, 2.24) is 4.90 Å². The average molecular weight is 265 g/mol. The third-order valence-electron chi connectivity index (χ3n) is 1.11. The van der Waals surface area contributed by atoms with Crippen molar-refractivity contribution in [2.45, 2.75) is 13.8 Å². The van der Waals surface area contributed by atoms with Gasteiger partial charge in [0.2, 0.25) is 0 Å². The van der Waals surface area contributed by atoms with E-state index < -0.39 is 6.09 Å². The molecule has 0 spiro atoms. The number of amides is 1. The van der Waals surface area contributed by atoms with Gasteiger partial charge in [-0.1, -0.05) is 13.8 Å². The molecule has 0 fully saturated rings. The number of hydrogen-bond acceptors (Lipinski definition) is 3. The first-order valence-electron chi connectivity index (χ1n) is 4.38. The minimum Gasteiger partial charge on any atom is -0.436 e. The SMILES string of the molecule is CC.CN(CCN)C(=O)OCC#CBr. The molecule has 14 heavy (non-hydrogen) atoms. The lowest BCUT2D eigenvalue weighted by Crippen LogP contribution is -2.32. The fraction of sp³-hybridized carbons (Fsp3) is 0.667. The molecule has 0 aromatic rings. The average Bonchev–Trinajstić information content (AvgIpc) is 2.21. The summed E-state index contributed by atoms with van der Waals surface area (Å²) in [5.41, 5.74) is 5.24. The lowest BCUT2D eigenvalue weighted by atomic mass is 10.6. The number of nitrogens with zero attached hydrogens (tertiary/aromatic N) is 1. The van der Waals surface area contributed by atoms with Gasteiger partial charge in [-0.05, 0) is 10.8 Å². The van der Waals surface area contributed by atoms with E-state index in [-0.39, 0.29) is 6.61 Å². The largest absolute Gasteiger partial charge is 0.436 e. The molecule has 0 aromatic carbocycles. The number of likely N-dealkylation sites (N-methyl/N-ethyl adjacent to an activating group) is 1. The number of carbonyl (C=O) groups is 1. The fourth-order valence-corrected chi connectivity index (χ4v) is 0.635. The summed E-state index contributed by atoms with van der Waals surface area (Å²) in [6, 6.07) is 0. The highest BCUT2D eigenvalue weighted by Crippen LogP contribution is 1.87. The Kier molecular flexibility index (Phi) is 13.8. The summed E-state index contributed by atoms with van der Waals surface area (Å²) in [5.74, 6) is 2.54. The van der Waals surface area contributed by atoms with Crippen LogP contribution < -0.4 is 5.73 Å².